The summed E-state index contributed by atoms with van der Waals surface area (Å²) < 4.78 is 9.36. The van der Waals surface area contributed by atoms with Crippen LogP contribution in [-0.2, 0) is 9.47 Å². The number of rotatable bonds is 0. The zero-order chi connectivity index (χ0) is 6.69. The molecule has 0 aliphatic carbocycles. The third-order valence-electron chi connectivity index (χ3n) is 1.27. The molecule has 1 rings (SSSR count). The van der Waals surface area contributed by atoms with Gasteiger partial charge in [0, 0.05) is 0 Å². The average molecular weight is 130 g/mol. The molecule has 0 aromatic carbocycles. The number of carbonyl (C=O) groups is 1. The van der Waals surface area contributed by atoms with Crippen molar-refractivity contribution in [1.29, 1.82) is 0 Å². The average Bonchev–Trinajstić information content (AvgIpc) is 1.93. The Kier molecular flexibility index (Phi) is 1.92. The van der Waals surface area contributed by atoms with Crippen molar-refractivity contribution in [2.45, 2.75) is 25.9 Å². The van der Waals surface area contributed by atoms with Gasteiger partial charge in [0.15, 0.2) is 0 Å². The quantitative estimate of drug-likeness (QED) is 0.464. The third-order valence-corrected chi connectivity index (χ3v) is 1.27. The maximum atomic E-state index is 10.4. The van der Waals surface area contributed by atoms with E-state index in [0.29, 0.717) is 6.61 Å². The molecule has 0 unspecified atom stereocenters. The van der Waals surface area contributed by atoms with E-state index >= 15 is 0 Å². The van der Waals surface area contributed by atoms with Crippen molar-refractivity contribution in [2.75, 3.05) is 6.61 Å². The Morgan fingerprint density at radius 2 is 2.44 bits per heavy atom. The molecule has 0 aromatic heterocycles. The van der Waals surface area contributed by atoms with Crippen LogP contribution in [0.4, 0.5) is 4.79 Å². The lowest BCUT2D eigenvalue weighted by Gasteiger charge is -2.04. The Hall–Kier alpha value is -0.730. The zero-order valence-corrected chi connectivity index (χ0v) is 5.42. The van der Waals surface area contributed by atoms with Crippen molar-refractivity contribution in [3.8, 4) is 0 Å². The van der Waals surface area contributed by atoms with Gasteiger partial charge >= 0.3 is 6.16 Å². The van der Waals surface area contributed by atoms with Gasteiger partial charge in [-0.25, -0.2) is 4.79 Å². The summed E-state index contributed by atoms with van der Waals surface area (Å²) in [6, 6.07) is 0. The molecule has 52 valence electrons. The first-order chi connectivity index (χ1) is 4.29. The van der Waals surface area contributed by atoms with Crippen molar-refractivity contribution in [3.05, 3.63) is 0 Å². The van der Waals surface area contributed by atoms with Crippen LogP contribution in [0, 0.1) is 0 Å². The van der Waals surface area contributed by atoms with E-state index in [0.717, 1.165) is 12.8 Å². The van der Waals surface area contributed by atoms with Gasteiger partial charge in [-0.1, -0.05) is 0 Å². The second kappa shape index (κ2) is 2.71. The highest BCUT2D eigenvalue weighted by molar-refractivity contribution is 5.60. The summed E-state index contributed by atoms with van der Waals surface area (Å²) >= 11 is 0. The highest BCUT2D eigenvalue weighted by Gasteiger charge is 2.14. The zero-order valence-electron chi connectivity index (χ0n) is 5.42. The van der Waals surface area contributed by atoms with E-state index in [1.165, 1.54) is 0 Å². The molecule has 1 heterocycles. The van der Waals surface area contributed by atoms with Crippen LogP contribution >= 0.6 is 0 Å². The van der Waals surface area contributed by atoms with Crippen molar-refractivity contribution < 1.29 is 14.3 Å². The molecule has 3 heteroatoms. The molecule has 1 saturated heterocycles. The number of ether oxygens (including phenoxy) is 2. The van der Waals surface area contributed by atoms with E-state index < -0.39 is 6.16 Å². The highest BCUT2D eigenvalue weighted by Crippen LogP contribution is 2.07. The Balaban J connectivity index is 2.37. The lowest BCUT2D eigenvalue weighted by atomic mass is 10.2. The molecule has 1 aliphatic heterocycles. The van der Waals surface area contributed by atoms with Gasteiger partial charge in [-0.05, 0) is 19.8 Å². The molecule has 0 N–H and O–H groups in total. The summed E-state index contributed by atoms with van der Waals surface area (Å²) in [4.78, 5) is 10.4. The van der Waals surface area contributed by atoms with Gasteiger partial charge in [0.25, 0.3) is 0 Å². The van der Waals surface area contributed by atoms with Crippen LogP contribution in [0.1, 0.15) is 19.8 Å². The molecule has 1 aliphatic rings. The first-order valence-corrected chi connectivity index (χ1v) is 3.12. The molecular formula is C6H10O3. The second-order valence-corrected chi connectivity index (χ2v) is 2.17. The lowest BCUT2D eigenvalue weighted by Crippen LogP contribution is -2.10. The fraction of sp³-hybridized carbons (Fsp3) is 0.833. The van der Waals surface area contributed by atoms with Gasteiger partial charge in [0.05, 0.1) is 6.61 Å². The van der Waals surface area contributed by atoms with Gasteiger partial charge in [0.1, 0.15) is 6.10 Å². The van der Waals surface area contributed by atoms with Crippen LogP contribution < -0.4 is 0 Å². The summed E-state index contributed by atoms with van der Waals surface area (Å²) in [6.45, 7) is 2.37. The first-order valence-electron chi connectivity index (χ1n) is 3.12. The minimum Gasteiger partial charge on any atom is -0.434 e. The number of cyclic esters (lactones) is 2. The standard InChI is InChI=1S/C6H10O3/c1-5-3-2-4-8-6(7)9-5/h5H,2-4H2,1H3/t5-/m0/s1. The molecule has 1 fully saturated rings. The van der Waals surface area contributed by atoms with Gasteiger partial charge in [-0.15, -0.1) is 0 Å². The van der Waals surface area contributed by atoms with Crippen molar-refractivity contribution in [3.63, 3.8) is 0 Å². The smallest absolute Gasteiger partial charge is 0.434 e. The normalized spacial score (nSPS) is 28.1. The molecule has 0 spiro atoms. The van der Waals surface area contributed by atoms with Crippen LogP contribution in [-0.4, -0.2) is 18.9 Å². The fourth-order valence-corrected chi connectivity index (χ4v) is 0.784. The third kappa shape index (κ3) is 1.91. The minimum atomic E-state index is -0.528. The molecule has 9 heavy (non-hydrogen) atoms. The predicted octanol–water partition coefficient (Wildman–Crippen LogP) is 1.32. The van der Waals surface area contributed by atoms with Gasteiger partial charge in [0.2, 0.25) is 0 Å². The van der Waals surface area contributed by atoms with Gasteiger partial charge in [-0.2, -0.15) is 0 Å². The Morgan fingerprint density at radius 1 is 1.67 bits per heavy atom. The molecule has 0 aromatic rings. The first kappa shape index (κ1) is 6.39. The van der Waals surface area contributed by atoms with Crippen molar-refractivity contribution in [2.24, 2.45) is 0 Å². The van der Waals surface area contributed by atoms with Crippen LogP contribution in [0.25, 0.3) is 0 Å². The van der Waals surface area contributed by atoms with E-state index in [9.17, 15) is 4.79 Å². The maximum Gasteiger partial charge on any atom is 0.508 e. The van der Waals surface area contributed by atoms with E-state index in [-0.39, 0.29) is 6.10 Å². The van der Waals surface area contributed by atoms with Crippen molar-refractivity contribution in [1.82, 2.24) is 0 Å². The van der Waals surface area contributed by atoms with Crippen LogP contribution in [0.3, 0.4) is 0 Å². The Labute approximate surface area is 53.9 Å². The number of hydrogen-bond donors (Lipinski definition) is 0. The Bertz CT molecular complexity index is 111. The summed E-state index contributed by atoms with van der Waals surface area (Å²) in [6.07, 6.45) is 1.32. The molecule has 0 saturated carbocycles. The summed E-state index contributed by atoms with van der Waals surface area (Å²) in [7, 11) is 0. The summed E-state index contributed by atoms with van der Waals surface area (Å²) in [5.74, 6) is 0. The van der Waals surface area contributed by atoms with E-state index in [1.54, 1.807) is 0 Å². The topological polar surface area (TPSA) is 35.5 Å². The van der Waals surface area contributed by atoms with Crippen LogP contribution in [0.15, 0.2) is 0 Å². The van der Waals surface area contributed by atoms with E-state index in [1.807, 2.05) is 6.92 Å². The molecular weight excluding hydrogens is 120 g/mol. The number of hydrogen-bond acceptors (Lipinski definition) is 3. The molecule has 1 atom stereocenters. The molecule has 0 radical (unpaired) electrons. The monoisotopic (exact) mass is 130 g/mol. The second-order valence-electron chi connectivity index (χ2n) is 2.17. The maximum absolute atomic E-state index is 10.4. The molecule has 0 amide bonds. The minimum absolute atomic E-state index is 0.0278. The van der Waals surface area contributed by atoms with E-state index in [4.69, 9.17) is 4.74 Å². The Morgan fingerprint density at radius 3 is 3.22 bits per heavy atom. The largest absolute Gasteiger partial charge is 0.508 e. The van der Waals surface area contributed by atoms with Crippen molar-refractivity contribution >= 4 is 6.16 Å². The van der Waals surface area contributed by atoms with Gasteiger partial charge < -0.3 is 9.47 Å². The molecule has 3 nitrogen and oxygen atoms in total. The summed E-state index contributed by atoms with van der Waals surface area (Å²) in [5, 5.41) is 0. The lowest BCUT2D eigenvalue weighted by molar-refractivity contribution is 0.0488. The predicted molar refractivity (Wildman–Crippen MR) is 31.1 cm³/mol. The number of carbonyl (C=O) groups excluding carboxylic acids is 1. The summed E-state index contributed by atoms with van der Waals surface area (Å²) in [5.41, 5.74) is 0. The molecule has 0 bridgehead atoms. The van der Waals surface area contributed by atoms with Crippen LogP contribution in [0.5, 0.6) is 0 Å². The highest BCUT2D eigenvalue weighted by atomic mass is 16.7. The van der Waals surface area contributed by atoms with E-state index in [2.05, 4.69) is 4.74 Å². The fourth-order valence-electron chi connectivity index (χ4n) is 0.784. The SMILES string of the molecule is C[C@H]1CCCOC(=O)O1. The van der Waals surface area contributed by atoms with Crippen LogP contribution in [0.2, 0.25) is 0 Å². The van der Waals surface area contributed by atoms with Gasteiger partial charge in [-0.3, -0.25) is 0 Å².